The first-order chi connectivity index (χ1) is 15.7. The normalized spacial score (nSPS) is 21.4. The van der Waals surface area contributed by atoms with Crippen molar-refractivity contribution in [3.05, 3.63) is 23.8 Å². The molecule has 0 aromatic heterocycles. The van der Waals surface area contributed by atoms with Crippen LogP contribution in [0.1, 0.15) is 66.9 Å². The van der Waals surface area contributed by atoms with E-state index in [0.717, 1.165) is 11.0 Å². The minimum Gasteiger partial charge on any atom is -0.496 e. The van der Waals surface area contributed by atoms with Crippen molar-refractivity contribution in [1.82, 2.24) is 10.2 Å². The van der Waals surface area contributed by atoms with Gasteiger partial charge in [0.05, 0.1) is 18.3 Å². The van der Waals surface area contributed by atoms with E-state index in [1.54, 1.807) is 12.0 Å². The second-order valence-electron chi connectivity index (χ2n) is 11.1. The summed E-state index contributed by atoms with van der Waals surface area (Å²) in [5.74, 6) is 0.736. The lowest BCUT2D eigenvalue weighted by Crippen LogP contribution is -2.45. The molecule has 8 nitrogen and oxygen atoms in total. The molecule has 188 valence electrons. The van der Waals surface area contributed by atoms with Crippen molar-refractivity contribution in [2.24, 2.45) is 0 Å². The van der Waals surface area contributed by atoms with E-state index in [1.807, 2.05) is 66.7 Å². The van der Waals surface area contributed by atoms with Gasteiger partial charge in [0.2, 0.25) is 5.91 Å². The first-order valence-corrected chi connectivity index (χ1v) is 12.0. The van der Waals surface area contributed by atoms with Gasteiger partial charge in [0.15, 0.2) is 0 Å². The molecule has 9 heteroatoms. The smallest absolute Gasteiger partial charge is 0.494 e. The minimum absolute atomic E-state index is 0.0223. The number of nitrogens with one attached hydrogen (secondary N) is 1. The van der Waals surface area contributed by atoms with E-state index in [1.165, 1.54) is 0 Å². The highest BCUT2D eigenvalue weighted by molar-refractivity contribution is 6.62. The monoisotopic (exact) mass is 474 g/mol. The summed E-state index contributed by atoms with van der Waals surface area (Å²) in [6.45, 7) is 14.5. The van der Waals surface area contributed by atoms with Gasteiger partial charge in [-0.05, 0) is 78.4 Å². The molecule has 1 N–H and O–H groups in total. The highest BCUT2D eigenvalue weighted by atomic mass is 16.7. The molecule has 2 aliphatic rings. The van der Waals surface area contributed by atoms with Crippen molar-refractivity contribution in [3.63, 3.8) is 0 Å². The zero-order valence-electron chi connectivity index (χ0n) is 21.8. The Hall–Kier alpha value is -2.26. The van der Waals surface area contributed by atoms with Crippen LogP contribution in [0.5, 0.6) is 5.75 Å². The van der Waals surface area contributed by atoms with Crippen LogP contribution in [0.25, 0.3) is 0 Å². The van der Waals surface area contributed by atoms with Gasteiger partial charge in [-0.3, -0.25) is 4.79 Å². The highest BCUT2D eigenvalue weighted by Crippen LogP contribution is 2.36. The fourth-order valence-corrected chi connectivity index (χ4v) is 4.01. The van der Waals surface area contributed by atoms with E-state index in [0.29, 0.717) is 38.1 Å². The van der Waals surface area contributed by atoms with Crippen molar-refractivity contribution >= 4 is 24.6 Å². The van der Waals surface area contributed by atoms with E-state index < -0.39 is 23.9 Å². The Kier molecular flexibility index (Phi) is 7.58. The molecule has 0 radical (unpaired) electrons. The molecule has 0 bridgehead atoms. The molecule has 2 saturated heterocycles. The molecule has 2 amide bonds. The van der Waals surface area contributed by atoms with Gasteiger partial charge in [-0.15, -0.1) is 0 Å². The minimum atomic E-state index is -0.601. The van der Waals surface area contributed by atoms with Crippen LogP contribution in [0.2, 0.25) is 0 Å². The molecular weight excluding hydrogens is 435 g/mol. The lowest BCUT2D eigenvalue weighted by Gasteiger charge is -2.32. The molecule has 1 atom stereocenters. The van der Waals surface area contributed by atoms with Crippen molar-refractivity contribution in [1.29, 1.82) is 0 Å². The summed E-state index contributed by atoms with van der Waals surface area (Å²) in [4.78, 5) is 26.2. The third-order valence-corrected chi connectivity index (χ3v) is 6.67. The van der Waals surface area contributed by atoms with Gasteiger partial charge in [-0.1, -0.05) is 12.1 Å². The molecule has 34 heavy (non-hydrogen) atoms. The van der Waals surface area contributed by atoms with Gasteiger partial charge >= 0.3 is 13.2 Å². The maximum Gasteiger partial charge on any atom is 0.494 e. The number of hydrogen-bond acceptors (Lipinski definition) is 6. The summed E-state index contributed by atoms with van der Waals surface area (Å²) in [6.07, 6.45) is 1.39. The maximum atomic E-state index is 12.9. The van der Waals surface area contributed by atoms with Crippen molar-refractivity contribution in [3.8, 4) is 5.75 Å². The number of hydrogen-bond donors (Lipinski definition) is 1. The molecule has 2 fully saturated rings. The van der Waals surface area contributed by atoms with Crippen molar-refractivity contribution in [2.45, 2.75) is 90.6 Å². The zero-order valence-corrected chi connectivity index (χ0v) is 21.8. The van der Waals surface area contributed by atoms with Crippen LogP contribution in [0.4, 0.5) is 4.79 Å². The molecule has 0 unspecified atom stereocenters. The van der Waals surface area contributed by atoms with Crippen molar-refractivity contribution in [2.75, 3.05) is 20.2 Å². The van der Waals surface area contributed by atoms with Crippen LogP contribution in [0.15, 0.2) is 18.2 Å². The topological polar surface area (TPSA) is 86.3 Å². The maximum absolute atomic E-state index is 12.9. The SMILES string of the molecule is COc1cc(B2OC(C)(C)C(C)(C)O2)ccc1CCN(C[C@@H]1CCC(=O)N1)C(=O)OC(C)(C)C. The molecule has 0 aliphatic carbocycles. The first-order valence-electron chi connectivity index (χ1n) is 12.0. The summed E-state index contributed by atoms with van der Waals surface area (Å²) in [5.41, 5.74) is 0.403. The van der Waals surface area contributed by atoms with E-state index in [4.69, 9.17) is 18.8 Å². The summed E-state index contributed by atoms with van der Waals surface area (Å²) in [7, 11) is 1.16. The third-order valence-electron chi connectivity index (χ3n) is 6.67. The standard InChI is InChI=1S/C25H39BN2O6/c1-23(2,3)32-22(30)28(16-19-11-12-21(29)27-19)14-13-17-9-10-18(15-20(17)31-8)26-33-24(4,5)25(6,7)34-26/h9-10,15,19H,11-14,16H2,1-8H3,(H,27,29)/t19-/m0/s1. The molecule has 0 spiro atoms. The molecule has 2 aliphatic heterocycles. The quantitative estimate of drug-likeness (QED) is 0.612. The molecule has 0 saturated carbocycles. The summed E-state index contributed by atoms with van der Waals surface area (Å²) in [5, 5.41) is 2.93. The second kappa shape index (κ2) is 9.78. The lowest BCUT2D eigenvalue weighted by molar-refractivity contribution is -0.119. The number of amides is 2. The van der Waals surface area contributed by atoms with Gasteiger partial charge in [0.1, 0.15) is 11.4 Å². The highest BCUT2D eigenvalue weighted by Gasteiger charge is 2.51. The first kappa shape index (κ1) is 26.4. The fraction of sp³-hybridized carbons (Fsp3) is 0.680. The Morgan fingerprint density at radius 2 is 1.85 bits per heavy atom. The molecule has 2 heterocycles. The second-order valence-corrected chi connectivity index (χ2v) is 11.1. The Labute approximate surface area is 203 Å². The molecular formula is C25H39BN2O6. The Morgan fingerprint density at radius 3 is 2.38 bits per heavy atom. The zero-order chi connectivity index (χ0) is 25.3. The summed E-state index contributed by atoms with van der Waals surface area (Å²) in [6, 6.07) is 5.85. The van der Waals surface area contributed by atoms with Crippen LogP contribution in [-0.4, -0.2) is 67.1 Å². The molecule has 1 aromatic rings. The number of methoxy groups -OCH3 is 1. The predicted molar refractivity (Wildman–Crippen MR) is 131 cm³/mol. The van der Waals surface area contributed by atoms with E-state index in [2.05, 4.69) is 5.32 Å². The third kappa shape index (κ3) is 6.24. The van der Waals surface area contributed by atoms with Gasteiger partial charge in [-0.25, -0.2) is 4.79 Å². The van der Waals surface area contributed by atoms with Crippen LogP contribution < -0.4 is 15.5 Å². The lowest BCUT2D eigenvalue weighted by atomic mass is 9.78. The van der Waals surface area contributed by atoms with E-state index in [-0.39, 0.29) is 18.0 Å². The number of rotatable bonds is 7. The largest absolute Gasteiger partial charge is 0.496 e. The molecule has 3 rings (SSSR count). The van der Waals surface area contributed by atoms with E-state index in [9.17, 15) is 9.59 Å². The molecule has 1 aromatic carbocycles. The van der Waals surface area contributed by atoms with Crippen molar-refractivity contribution < 1.29 is 28.4 Å². The average molecular weight is 474 g/mol. The number of nitrogens with zero attached hydrogens (tertiary/aromatic N) is 1. The van der Waals surface area contributed by atoms with Gasteiger partial charge in [0.25, 0.3) is 0 Å². The van der Waals surface area contributed by atoms with Crippen LogP contribution in [0, 0.1) is 0 Å². The number of benzene rings is 1. The Morgan fingerprint density at radius 1 is 1.21 bits per heavy atom. The fourth-order valence-electron chi connectivity index (χ4n) is 4.01. The Balaban J connectivity index is 1.72. The number of ether oxygens (including phenoxy) is 2. The van der Waals surface area contributed by atoms with Gasteiger partial charge in [0, 0.05) is 25.6 Å². The van der Waals surface area contributed by atoms with Crippen LogP contribution >= 0.6 is 0 Å². The predicted octanol–water partition coefficient (Wildman–Crippen LogP) is 3.05. The summed E-state index contributed by atoms with van der Waals surface area (Å²) >= 11 is 0. The van der Waals surface area contributed by atoms with Gasteiger partial charge < -0.3 is 29.0 Å². The number of carbonyl (C=O) groups excluding carboxylic acids is 2. The van der Waals surface area contributed by atoms with Gasteiger partial charge in [-0.2, -0.15) is 0 Å². The Bertz CT molecular complexity index is 895. The average Bonchev–Trinajstić information content (AvgIpc) is 3.22. The van der Waals surface area contributed by atoms with Crippen LogP contribution in [-0.2, 0) is 25.3 Å². The van der Waals surface area contributed by atoms with Crippen LogP contribution in [0.3, 0.4) is 0 Å². The van der Waals surface area contributed by atoms with E-state index >= 15 is 0 Å². The summed E-state index contributed by atoms with van der Waals surface area (Å²) < 4.78 is 23.6. The number of carbonyl (C=O) groups is 2.